The highest BCUT2D eigenvalue weighted by atomic mass is 16.3. The first kappa shape index (κ1) is 13.1. The average molecular weight is 266 g/mol. The van der Waals surface area contributed by atoms with Crippen LogP contribution >= 0.6 is 0 Å². The van der Waals surface area contributed by atoms with Crippen molar-refractivity contribution in [3.63, 3.8) is 0 Å². The molecule has 102 valence electrons. The first-order chi connectivity index (χ1) is 9.37. The van der Waals surface area contributed by atoms with Crippen molar-refractivity contribution in [2.75, 3.05) is 0 Å². The summed E-state index contributed by atoms with van der Waals surface area (Å²) in [4.78, 5) is 12.0. The van der Waals surface area contributed by atoms with E-state index in [1.807, 2.05) is 44.2 Å². The highest BCUT2D eigenvalue weighted by Gasteiger charge is 2.70. The number of carbonyl (C=O) groups is 1. The Hall–Kier alpha value is -1.85. The molecule has 0 bridgehead atoms. The molecule has 0 radical (unpaired) electrons. The van der Waals surface area contributed by atoms with E-state index in [2.05, 4.69) is 11.8 Å². The van der Waals surface area contributed by atoms with Gasteiger partial charge in [0, 0.05) is 17.4 Å². The largest absolute Gasteiger partial charge is 0.373 e. The fourth-order valence-electron chi connectivity index (χ4n) is 3.47. The first-order valence-corrected chi connectivity index (χ1v) is 6.90. The third-order valence-corrected chi connectivity index (χ3v) is 4.72. The number of fused-ring (bicyclic) bond motifs is 1. The summed E-state index contributed by atoms with van der Waals surface area (Å²) in [5.41, 5.74) is 0.182. The maximum absolute atomic E-state index is 12.0. The van der Waals surface area contributed by atoms with Crippen LogP contribution in [0.3, 0.4) is 0 Å². The second-order valence-corrected chi connectivity index (χ2v) is 6.39. The quantitative estimate of drug-likeness (QED) is 0.733. The SMILES string of the molecule is CC1=CC(=O)[C@H]2[C@H](C2(C)C)[C@]1(O)C#Cc1ccccc1. The van der Waals surface area contributed by atoms with Crippen LogP contribution in [-0.2, 0) is 4.79 Å². The summed E-state index contributed by atoms with van der Waals surface area (Å²) < 4.78 is 0. The van der Waals surface area contributed by atoms with Crippen molar-refractivity contribution in [1.29, 1.82) is 0 Å². The van der Waals surface area contributed by atoms with Gasteiger partial charge in [-0.05, 0) is 36.1 Å². The van der Waals surface area contributed by atoms with Gasteiger partial charge in [-0.2, -0.15) is 0 Å². The summed E-state index contributed by atoms with van der Waals surface area (Å²) in [6.45, 7) is 5.85. The second kappa shape index (κ2) is 4.07. The Labute approximate surface area is 119 Å². The van der Waals surface area contributed by atoms with Gasteiger partial charge in [-0.1, -0.05) is 43.9 Å². The highest BCUT2D eigenvalue weighted by Crippen LogP contribution is 2.66. The van der Waals surface area contributed by atoms with Crippen LogP contribution in [0.1, 0.15) is 26.3 Å². The highest BCUT2D eigenvalue weighted by molar-refractivity contribution is 5.98. The van der Waals surface area contributed by atoms with Gasteiger partial charge in [-0.15, -0.1) is 0 Å². The van der Waals surface area contributed by atoms with Crippen LogP contribution in [0.2, 0.25) is 0 Å². The molecule has 2 heteroatoms. The molecule has 20 heavy (non-hydrogen) atoms. The summed E-state index contributed by atoms with van der Waals surface area (Å²) in [6, 6.07) is 9.61. The molecule has 1 N–H and O–H groups in total. The minimum absolute atomic E-state index is 0.0938. The van der Waals surface area contributed by atoms with E-state index in [4.69, 9.17) is 0 Å². The molecule has 0 aliphatic heterocycles. The Balaban J connectivity index is 2.01. The zero-order valence-electron chi connectivity index (χ0n) is 12.0. The zero-order chi connectivity index (χ0) is 14.5. The van der Waals surface area contributed by atoms with Crippen LogP contribution in [0.5, 0.6) is 0 Å². The van der Waals surface area contributed by atoms with Gasteiger partial charge in [-0.25, -0.2) is 0 Å². The molecule has 3 atom stereocenters. The van der Waals surface area contributed by atoms with Crippen LogP contribution in [0.4, 0.5) is 0 Å². The molecule has 0 unspecified atom stereocenters. The third kappa shape index (κ3) is 1.74. The van der Waals surface area contributed by atoms with Crippen LogP contribution < -0.4 is 0 Å². The molecule has 0 aromatic heterocycles. The molecular formula is C18H18O2. The monoisotopic (exact) mass is 266 g/mol. The van der Waals surface area contributed by atoms with Crippen LogP contribution in [0, 0.1) is 29.1 Å². The minimum atomic E-state index is -1.18. The molecule has 2 nitrogen and oxygen atoms in total. The molecule has 2 aliphatic carbocycles. The topological polar surface area (TPSA) is 37.3 Å². The number of allylic oxidation sites excluding steroid dienone is 1. The standard InChI is InChI=1S/C18H18O2/c1-12-11-14(19)15-16(17(15,2)3)18(12,20)10-9-13-7-5-4-6-8-13/h4-8,11,15-16,20H,1-3H3/t15-,16+,18-/m0/s1. The smallest absolute Gasteiger partial charge is 0.159 e. The molecule has 2 aliphatic rings. The van der Waals surface area contributed by atoms with E-state index in [0.29, 0.717) is 5.57 Å². The lowest BCUT2D eigenvalue weighted by molar-refractivity contribution is -0.117. The van der Waals surface area contributed by atoms with Gasteiger partial charge in [0.25, 0.3) is 0 Å². The number of ketones is 1. The van der Waals surface area contributed by atoms with Crippen molar-refractivity contribution >= 4 is 5.78 Å². The Morgan fingerprint density at radius 3 is 2.50 bits per heavy atom. The molecule has 1 fully saturated rings. The van der Waals surface area contributed by atoms with E-state index in [-0.39, 0.29) is 23.0 Å². The Morgan fingerprint density at radius 2 is 1.85 bits per heavy atom. The molecule has 1 aromatic rings. The fraction of sp³-hybridized carbons (Fsp3) is 0.389. The number of carbonyl (C=O) groups excluding carboxylic acids is 1. The van der Waals surface area contributed by atoms with Crippen molar-refractivity contribution in [1.82, 2.24) is 0 Å². The normalized spacial score (nSPS) is 33.6. The van der Waals surface area contributed by atoms with E-state index < -0.39 is 5.60 Å². The van der Waals surface area contributed by atoms with Crippen LogP contribution in [-0.4, -0.2) is 16.5 Å². The second-order valence-electron chi connectivity index (χ2n) is 6.39. The number of benzene rings is 1. The Bertz CT molecular complexity index is 658. The molecule has 1 saturated carbocycles. The van der Waals surface area contributed by atoms with Gasteiger partial charge in [0.15, 0.2) is 11.4 Å². The van der Waals surface area contributed by atoms with Gasteiger partial charge in [-0.3, -0.25) is 4.79 Å². The van der Waals surface area contributed by atoms with Crippen molar-refractivity contribution in [2.45, 2.75) is 26.4 Å². The van der Waals surface area contributed by atoms with Gasteiger partial charge < -0.3 is 5.11 Å². The number of hydrogen-bond acceptors (Lipinski definition) is 2. The lowest BCUT2D eigenvalue weighted by atomic mass is 9.82. The molecular weight excluding hydrogens is 248 g/mol. The third-order valence-electron chi connectivity index (χ3n) is 4.72. The van der Waals surface area contributed by atoms with Gasteiger partial charge in [0.2, 0.25) is 0 Å². The van der Waals surface area contributed by atoms with E-state index >= 15 is 0 Å². The van der Waals surface area contributed by atoms with Gasteiger partial charge in [0.05, 0.1) is 0 Å². The lowest BCUT2D eigenvalue weighted by Gasteiger charge is -2.27. The average Bonchev–Trinajstić information content (AvgIpc) is 3.00. The Kier molecular flexibility index (Phi) is 2.68. The zero-order valence-corrected chi connectivity index (χ0v) is 12.0. The fourth-order valence-corrected chi connectivity index (χ4v) is 3.47. The molecule has 3 rings (SSSR count). The van der Waals surface area contributed by atoms with E-state index in [1.54, 1.807) is 13.0 Å². The summed E-state index contributed by atoms with van der Waals surface area (Å²) >= 11 is 0. The van der Waals surface area contributed by atoms with Crippen LogP contribution in [0.25, 0.3) is 0 Å². The van der Waals surface area contributed by atoms with E-state index in [0.717, 1.165) is 5.56 Å². The predicted molar refractivity (Wildman–Crippen MR) is 77.8 cm³/mol. The lowest BCUT2D eigenvalue weighted by Crippen LogP contribution is -2.36. The first-order valence-electron chi connectivity index (χ1n) is 6.90. The molecule has 0 amide bonds. The number of hydrogen-bond donors (Lipinski definition) is 1. The summed E-state index contributed by atoms with van der Waals surface area (Å²) in [7, 11) is 0. The molecule has 0 saturated heterocycles. The molecule has 1 aromatic carbocycles. The summed E-state index contributed by atoms with van der Waals surface area (Å²) in [6.07, 6.45) is 1.57. The molecule has 0 heterocycles. The molecule has 0 spiro atoms. The Morgan fingerprint density at radius 1 is 1.20 bits per heavy atom. The maximum Gasteiger partial charge on any atom is 0.159 e. The number of rotatable bonds is 0. The van der Waals surface area contributed by atoms with Crippen molar-refractivity contribution < 1.29 is 9.90 Å². The van der Waals surface area contributed by atoms with Crippen molar-refractivity contribution in [3.05, 3.63) is 47.5 Å². The minimum Gasteiger partial charge on any atom is -0.373 e. The van der Waals surface area contributed by atoms with Crippen LogP contribution in [0.15, 0.2) is 42.0 Å². The van der Waals surface area contributed by atoms with Crippen molar-refractivity contribution in [2.24, 2.45) is 17.3 Å². The summed E-state index contributed by atoms with van der Waals surface area (Å²) in [5.74, 6) is 6.00. The predicted octanol–water partition coefficient (Wildman–Crippen LogP) is 2.57. The maximum atomic E-state index is 12.0. The van der Waals surface area contributed by atoms with Gasteiger partial charge >= 0.3 is 0 Å². The van der Waals surface area contributed by atoms with Gasteiger partial charge in [0.1, 0.15) is 0 Å². The number of aliphatic hydroxyl groups is 1. The van der Waals surface area contributed by atoms with E-state index in [9.17, 15) is 9.90 Å². The summed E-state index contributed by atoms with van der Waals surface area (Å²) in [5, 5.41) is 11.0. The van der Waals surface area contributed by atoms with Crippen molar-refractivity contribution in [3.8, 4) is 11.8 Å². The van der Waals surface area contributed by atoms with E-state index in [1.165, 1.54) is 0 Å².